The number of likely N-dealkylation sites (tertiary alicyclic amines) is 1. The van der Waals surface area contributed by atoms with Crippen molar-refractivity contribution in [1.29, 1.82) is 0 Å². The Balaban J connectivity index is 1.20. The summed E-state index contributed by atoms with van der Waals surface area (Å²) in [6.45, 7) is 6.40. The molecule has 3 heterocycles. The number of H-pyrrole nitrogens is 1. The Bertz CT molecular complexity index is 1110. The molecule has 0 spiro atoms. The summed E-state index contributed by atoms with van der Waals surface area (Å²) >= 11 is 6.71. The van der Waals surface area contributed by atoms with Gasteiger partial charge in [-0.25, -0.2) is 4.98 Å². The molecule has 0 aliphatic carbocycles. The third-order valence-corrected chi connectivity index (χ3v) is 7.41. The molecule has 0 saturated carbocycles. The lowest BCUT2D eigenvalue weighted by atomic mass is 9.95. The maximum atomic E-state index is 12.8. The quantitative estimate of drug-likeness (QED) is 0.213. The molecule has 4 rings (SSSR count). The Morgan fingerprint density at radius 1 is 1.16 bits per heavy atom. The van der Waals surface area contributed by atoms with Crippen LogP contribution < -0.4 is 10.6 Å². The Labute approximate surface area is 224 Å². The highest BCUT2D eigenvalue weighted by molar-refractivity contribution is 6.21. The van der Waals surface area contributed by atoms with Crippen LogP contribution in [0.1, 0.15) is 61.6 Å². The number of hydrogen-bond donors (Lipinski definition) is 3. The first kappa shape index (κ1) is 27.1. The number of benzene rings is 1. The van der Waals surface area contributed by atoms with Crippen molar-refractivity contribution >= 4 is 23.2 Å². The van der Waals surface area contributed by atoms with Crippen molar-refractivity contribution < 1.29 is 4.79 Å². The van der Waals surface area contributed by atoms with Gasteiger partial charge in [0, 0.05) is 42.3 Å². The summed E-state index contributed by atoms with van der Waals surface area (Å²) in [5.74, 6) is 1.56. The molecule has 1 aliphatic rings. The fraction of sp³-hybridized carbons (Fsp3) is 0.500. The monoisotopic (exact) mass is 523 g/mol. The van der Waals surface area contributed by atoms with Crippen LogP contribution in [0.15, 0.2) is 48.8 Å². The number of piperidine rings is 1. The number of rotatable bonds is 13. The summed E-state index contributed by atoms with van der Waals surface area (Å²) in [5.41, 5.74) is 2.37. The number of alkyl halides is 1. The van der Waals surface area contributed by atoms with E-state index in [0.717, 1.165) is 37.3 Å². The van der Waals surface area contributed by atoms with Gasteiger partial charge in [-0.1, -0.05) is 38.7 Å². The van der Waals surface area contributed by atoms with Gasteiger partial charge in [-0.05, 0) is 62.2 Å². The molecule has 3 N–H and O–H groups in total. The number of anilines is 1. The topological polar surface area (TPSA) is 98.8 Å². The summed E-state index contributed by atoms with van der Waals surface area (Å²) < 4.78 is 0. The second kappa shape index (κ2) is 14.1. The van der Waals surface area contributed by atoms with Gasteiger partial charge >= 0.3 is 0 Å². The van der Waals surface area contributed by atoms with E-state index >= 15 is 0 Å². The van der Waals surface area contributed by atoms with Crippen LogP contribution in [-0.4, -0.2) is 62.5 Å². The van der Waals surface area contributed by atoms with Gasteiger partial charge in [0.1, 0.15) is 5.82 Å². The van der Waals surface area contributed by atoms with Crippen molar-refractivity contribution in [3.63, 3.8) is 0 Å². The number of halogens is 1. The van der Waals surface area contributed by atoms with E-state index in [-0.39, 0.29) is 11.3 Å². The minimum absolute atomic E-state index is 0.0663. The number of aromatic amines is 1. The molecule has 9 heteroatoms. The average Bonchev–Trinajstić information content (AvgIpc) is 3.41. The van der Waals surface area contributed by atoms with Gasteiger partial charge in [0.15, 0.2) is 5.82 Å². The van der Waals surface area contributed by atoms with E-state index < -0.39 is 0 Å². The molecule has 198 valence electrons. The van der Waals surface area contributed by atoms with Crippen molar-refractivity contribution in [2.45, 2.75) is 57.4 Å². The van der Waals surface area contributed by atoms with Crippen LogP contribution in [0.25, 0.3) is 11.4 Å². The van der Waals surface area contributed by atoms with E-state index in [4.69, 9.17) is 11.6 Å². The molecule has 0 bridgehead atoms. The first-order chi connectivity index (χ1) is 18.1. The molecule has 1 fully saturated rings. The van der Waals surface area contributed by atoms with Crippen LogP contribution in [0.5, 0.6) is 0 Å². The first-order valence-corrected chi connectivity index (χ1v) is 13.9. The maximum Gasteiger partial charge on any atom is 0.251 e. The number of unbranched alkanes of at least 4 members (excludes halogenated alkanes) is 4. The highest BCUT2D eigenvalue weighted by atomic mass is 35.5. The summed E-state index contributed by atoms with van der Waals surface area (Å²) in [6, 6.07) is 11.2. The molecular weight excluding hydrogens is 486 g/mol. The molecule has 2 atom stereocenters. The predicted octanol–water partition coefficient (Wildman–Crippen LogP) is 5.11. The van der Waals surface area contributed by atoms with Crippen LogP contribution in [0.2, 0.25) is 0 Å². The van der Waals surface area contributed by atoms with Crippen molar-refractivity contribution in [2.24, 2.45) is 5.92 Å². The number of carbonyl (C=O) groups is 1. The fourth-order valence-electron chi connectivity index (χ4n) is 4.67. The summed E-state index contributed by atoms with van der Waals surface area (Å²) in [6.07, 6.45) is 10.9. The van der Waals surface area contributed by atoms with Gasteiger partial charge in [-0.3, -0.25) is 14.9 Å². The maximum absolute atomic E-state index is 12.8. The van der Waals surface area contributed by atoms with E-state index in [1.165, 1.54) is 32.1 Å². The summed E-state index contributed by atoms with van der Waals surface area (Å²) in [5, 5.41) is 13.7. The first-order valence-electron chi connectivity index (χ1n) is 13.4. The minimum Gasteiger partial charge on any atom is -0.378 e. The molecule has 2 aromatic heterocycles. The second-order valence-electron chi connectivity index (χ2n) is 9.77. The fourth-order valence-corrected chi connectivity index (χ4v) is 5.08. The van der Waals surface area contributed by atoms with Crippen LogP contribution >= 0.6 is 11.6 Å². The Hall–Kier alpha value is -2.97. The Morgan fingerprint density at radius 3 is 2.81 bits per heavy atom. The molecule has 3 aromatic rings. The zero-order chi connectivity index (χ0) is 25.9. The van der Waals surface area contributed by atoms with Gasteiger partial charge in [0.05, 0.1) is 11.9 Å². The number of nitrogens with zero attached hydrogens (tertiary/aromatic N) is 4. The number of nitrogens with one attached hydrogen (secondary N) is 3. The number of aromatic nitrogens is 4. The van der Waals surface area contributed by atoms with E-state index in [2.05, 4.69) is 42.6 Å². The van der Waals surface area contributed by atoms with E-state index in [1.54, 1.807) is 12.4 Å². The molecule has 1 aromatic carbocycles. The van der Waals surface area contributed by atoms with E-state index in [9.17, 15) is 4.79 Å². The van der Waals surface area contributed by atoms with Crippen molar-refractivity contribution in [3.05, 3.63) is 60.2 Å². The smallest absolute Gasteiger partial charge is 0.251 e. The highest BCUT2D eigenvalue weighted by Crippen LogP contribution is 2.23. The van der Waals surface area contributed by atoms with Gasteiger partial charge in [0.2, 0.25) is 0 Å². The Morgan fingerprint density at radius 2 is 2.00 bits per heavy atom. The van der Waals surface area contributed by atoms with Crippen molar-refractivity contribution in [2.75, 3.05) is 31.5 Å². The van der Waals surface area contributed by atoms with Crippen LogP contribution in [-0.2, 0) is 6.54 Å². The average molecular weight is 524 g/mol. The van der Waals surface area contributed by atoms with Crippen LogP contribution in [0.3, 0.4) is 0 Å². The molecule has 37 heavy (non-hydrogen) atoms. The molecule has 1 amide bonds. The third-order valence-electron chi connectivity index (χ3n) is 6.92. The van der Waals surface area contributed by atoms with Gasteiger partial charge in [-0.2, -0.15) is 5.10 Å². The zero-order valence-electron chi connectivity index (χ0n) is 21.6. The Kier molecular flexibility index (Phi) is 10.3. The molecule has 1 saturated heterocycles. The van der Waals surface area contributed by atoms with Crippen LogP contribution in [0, 0.1) is 5.92 Å². The second-order valence-corrected chi connectivity index (χ2v) is 10.3. The number of carbonyl (C=O) groups excluding carboxylic acids is 1. The predicted molar refractivity (Wildman–Crippen MR) is 149 cm³/mol. The van der Waals surface area contributed by atoms with Gasteiger partial charge in [-0.15, -0.1) is 11.6 Å². The summed E-state index contributed by atoms with van der Waals surface area (Å²) in [7, 11) is 0. The molecule has 1 aliphatic heterocycles. The third kappa shape index (κ3) is 8.27. The normalized spacial score (nSPS) is 18.0. The highest BCUT2D eigenvalue weighted by Gasteiger charge is 2.27. The standard InChI is InChI=1S/C28H38ClN7O/c1-2-3-4-5-6-15-36-16-12-23(25(29)20-36)18-32-28(37)22-8-7-9-24(17-22)31-19-26-33-27(35-34-26)21-10-13-30-14-11-21/h7-11,13-14,17,23,25,31H,2-6,12,15-16,18-20H2,1H3,(H,32,37)(H,33,34,35). The summed E-state index contributed by atoms with van der Waals surface area (Å²) in [4.78, 5) is 23.9. The number of pyridine rings is 1. The van der Waals surface area contributed by atoms with E-state index in [0.29, 0.717) is 36.2 Å². The molecule has 0 radical (unpaired) electrons. The molecule has 2 unspecified atom stereocenters. The van der Waals surface area contributed by atoms with Crippen LogP contribution in [0.4, 0.5) is 5.69 Å². The van der Waals surface area contributed by atoms with E-state index in [1.807, 2.05) is 36.4 Å². The zero-order valence-corrected chi connectivity index (χ0v) is 22.4. The molecular formula is C28H38ClN7O. The lowest BCUT2D eigenvalue weighted by molar-refractivity contribution is 0.0937. The van der Waals surface area contributed by atoms with Gasteiger partial charge in [0.25, 0.3) is 5.91 Å². The lowest BCUT2D eigenvalue weighted by Gasteiger charge is -2.35. The lowest BCUT2D eigenvalue weighted by Crippen LogP contribution is -2.45. The van der Waals surface area contributed by atoms with Crippen molar-refractivity contribution in [1.82, 2.24) is 30.4 Å². The van der Waals surface area contributed by atoms with Crippen molar-refractivity contribution in [3.8, 4) is 11.4 Å². The minimum atomic E-state index is -0.0782. The number of amides is 1. The van der Waals surface area contributed by atoms with Gasteiger partial charge < -0.3 is 15.5 Å². The SMILES string of the molecule is CCCCCCCN1CCC(CNC(=O)c2cccc(NCc3nc(-c4ccncc4)n[nH]3)c2)C(Cl)C1. The number of hydrogen-bond acceptors (Lipinski definition) is 6. The largest absolute Gasteiger partial charge is 0.378 e. The molecule has 8 nitrogen and oxygen atoms in total.